The number of hydrogen-bond acceptors (Lipinski definition) is 1. The van der Waals surface area contributed by atoms with Crippen LogP contribution in [0.25, 0.3) is 0 Å². The van der Waals surface area contributed by atoms with Crippen LogP contribution >= 0.6 is 0 Å². The Labute approximate surface area is 141 Å². The topological polar surface area (TPSA) is 9.23 Å². The van der Waals surface area contributed by atoms with Crippen LogP contribution in [-0.2, 0) is 13.0 Å². The summed E-state index contributed by atoms with van der Waals surface area (Å²) in [6, 6.07) is 19.4. The molecular weight excluding hydrogens is 282 g/mol. The van der Waals surface area contributed by atoms with Crippen LogP contribution in [0.3, 0.4) is 0 Å². The van der Waals surface area contributed by atoms with Crippen LogP contribution in [0.5, 0.6) is 5.75 Å². The molecule has 0 saturated carbocycles. The molecule has 2 nitrogen and oxygen atoms in total. The van der Waals surface area contributed by atoms with Crippen molar-refractivity contribution in [1.29, 1.82) is 0 Å². The zero-order valence-corrected chi connectivity index (χ0v) is 14.8. The molecule has 0 aliphatic rings. The summed E-state index contributed by atoms with van der Waals surface area (Å²) < 4.78 is 6.66. The maximum Gasteiger partial charge on any atom is 0.119 e. The van der Waals surface area contributed by atoms with Gasteiger partial charge in [0.05, 0.1) is 26.2 Å². The predicted octanol–water partition coefficient (Wildman–Crippen LogP) is 4.68. The Kier molecular flexibility index (Phi) is 6.66. The largest absolute Gasteiger partial charge is 0.494 e. The lowest BCUT2D eigenvalue weighted by atomic mass is 10.1. The highest BCUT2D eigenvalue weighted by Crippen LogP contribution is 2.18. The van der Waals surface area contributed by atoms with Crippen LogP contribution in [-0.4, -0.2) is 30.7 Å². The first-order valence-corrected chi connectivity index (χ1v) is 8.82. The maximum absolute atomic E-state index is 5.52. The van der Waals surface area contributed by atoms with E-state index in [9.17, 15) is 0 Å². The van der Waals surface area contributed by atoms with Gasteiger partial charge in [-0.2, -0.15) is 0 Å². The SMILES string of the molecule is CCOc1ccc(CC[N+](CC)(CC)Cc2ccccc2)cc1. The summed E-state index contributed by atoms with van der Waals surface area (Å²) >= 11 is 0. The summed E-state index contributed by atoms with van der Waals surface area (Å²) in [5, 5.41) is 0. The molecule has 0 N–H and O–H groups in total. The Bertz CT molecular complexity index is 558. The number of likely N-dealkylation sites (N-methyl/N-ethyl adjacent to an activating group) is 1. The summed E-state index contributed by atoms with van der Waals surface area (Å²) in [6.45, 7) is 12.0. The van der Waals surface area contributed by atoms with E-state index in [1.165, 1.54) is 30.8 Å². The first kappa shape index (κ1) is 17.6. The van der Waals surface area contributed by atoms with E-state index >= 15 is 0 Å². The average molecular weight is 312 g/mol. The summed E-state index contributed by atoms with van der Waals surface area (Å²) in [7, 11) is 0. The average Bonchev–Trinajstić information content (AvgIpc) is 2.61. The molecule has 0 spiro atoms. The van der Waals surface area contributed by atoms with Gasteiger partial charge in [0.2, 0.25) is 0 Å². The molecule has 0 radical (unpaired) electrons. The fraction of sp³-hybridized carbons (Fsp3) is 0.429. The van der Waals surface area contributed by atoms with Crippen molar-refractivity contribution >= 4 is 0 Å². The quantitative estimate of drug-likeness (QED) is 0.611. The van der Waals surface area contributed by atoms with Gasteiger partial charge >= 0.3 is 0 Å². The highest BCUT2D eigenvalue weighted by atomic mass is 16.5. The molecule has 0 saturated heterocycles. The predicted molar refractivity (Wildman–Crippen MR) is 97.7 cm³/mol. The third kappa shape index (κ3) is 5.11. The van der Waals surface area contributed by atoms with Crippen molar-refractivity contribution in [3.63, 3.8) is 0 Å². The van der Waals surface area contributed by atoms with Crippen molar-refractivity contribution in [2.45, 2.75) is 33.7 Å². The van der Waals surface area contributed by atoms with Gasteiger partial charge in [-0.15, -0.1) is 0 Å². The molecule has 2 rings (SSSR count). The van der Waals surface area contributed by atoms with Gasteiger partial charge in [-0.25, -0.2) is 0 Å². The Morgan fingerprint density at radius 1 is 0.783 bits per heavy atom. The van der Waals surface area contributed by atoms with Gasteiger partial charge in [0.25, 0.3) is 0 Å². The highest BCUT2D eigenvalue weighted by molar-refractivity contribution is 5.27. The van der Waals surface area contributed by atoms with Gasteiger partial charge in [-0.3, -0.25) is 0 Å². The van der Waals surface area contributed by atoms with E-state index in [0.717, 1.165) is 29.8 Å². The normalized spacial score (nSPS) is 11.4. The third-order valence-corrected chi connectivity index (χ3v) is 4.81. The monoisotopic (exact) mass is 312 g/mol. The second kappa shape index (κ2) is 8.73. The minimum absolute atomic E-state index is 0.724. The summed E-state index contributed by atoms with van der Waals surface area (Å²) in [6.07, 6.45) is 1.11. The van der Waals surface area contributed by atoms with Crippen LogP contribution in [0.4, 0.5) is 0 Å². The second-order valence-electron chi connectivity index (χ2n) is 6.17. The molecule has 23 heavy (non-hydrogen) atoms. The van der Waals surface area contributed by atoms with E-state index in [0.29, 0.717) is 0 Å². The number of ether oxygens (including phenoxy) is 1. The smallest absolute Gasteiger partial charge is 0.119 e. The minimum Gasteiger partial charge on any atom is -0.494 e. The van der Waals surface area contributed by atoms with Crippen molar-refractivity contribution in [2.24, 2.45) is 0 Å². The molecule has 0 heterocycles. The molecule has 124 valence electrons. The summed E-state index contributed by atoms with van der Waals surface area (Å²) in [4.78, 5) is 0. The molecule has 0 aliphatic heterocycles. The molecule has 0 amide bonds. The van der Waals surface area contributed by atoms with Crippen molar-refractivity contribution in [3.8, 4) is 5.75 Å². The number of benzene rings is 2. The third-order valence-electron chi connectivity index (χ3n) is 4.81. The summed E-state index contributed by atoms with van der Waals surface area (Å²) in [5.74, 6) is 0.965. The van der Waals surface area contributed by atoms with Gasteiger partial charge < -0.3 is 9.22 Å². The highest BCUT2D eigenvalue weighted by Gasteiger charge is 2.23. The molecule has 2 aromatic rings. The van der Waals surface area contributed by atoms with E-state index in [1.807, 2.05) is 6.92 Å². The van der Waals surface area contributed by atoms with Gasteiger partial charge in [0, 0.05) is 12.0 Å². The molecular formula is C21H30NO+. The van der Waals surface area contributed by atoms with Crippen LogP contribution in [0.2, 0.25) is 0 Å². The molecule has 2 heteroatoms. The van der Waals surface area contributed by atoms with Crippen LogP contribution in [0, 0.1) is 0 Å². The maximum atomic E-state index is 5.52. The molecule has 0 aliphatic carbocycles. The molecule has 0 atom stereocenters. The van der Waals surface area contributed by atoms with E-state index in [1.54, 1.807) is 0 Å². The summed E-state index contributed by atoms with van der Waals surface area (Å²) in [5.41, 5.74) is 2.83. The zero-order valence-electron chi connectivity index (χ0n) is 14.8. The zero-order chi connectivity index (χ0) is 16.5. The molecule has 2 aromatic carbocycles. The number of hydrogen-bond donors (Lipinski definition) is 0. The Hall–Kier alpha value is -1.80. The van der Waals surface area contributed by atoms with Gasteiger partial charge in [0.15, 0.2) is 0 Å². The molecule has 0 aromatic heterocycles. The van der Waals surface area contributed by atoms with E-state index in [-0.39, 0.29) is 0 Å². The lowest BCUT2D eigenvalue weighted by Gasteiger charge is -2.37. The standard InChI is InChI=1S/C21H30NO/c1-4-22(5-2,18-20-10-8-7-9-11-20)17-16-19-12-14-21(15-13-19)23-6-3/h7-15H,4-6,16-18H2,1-3H3/q+1. The molecule has 0 bridgehead atoms. The van der Waals surface area contributed by atoms with Crippen molar-refractivity contribution in [1.82, 2.24) is 0 Å². The Morgan fingerprint density at radius 2 is 1.43 bits per heavy atom. The molecule has 0 fully saturated rings. The van der Waals surface area contributed by atoms with Gasteiger partial charge in [-0.1, -0.05) is 42.5 Å². The van der Waals surface area contributed by atoms with Crippen molar-refractivity contribution in [2.75, 3.05) is 26.2 Å². The van der Waals surface area contributed by atoms with Crippen LogP contribution < -0.4 is 4.74 Å². The fourth-order valence-corrected chi connectivity index (χ4v) is 3.10. The molecule has 0 unspecified atom stereocenters. The van der Waals surface area contributed by atoms with Gasteiger partial charge in [-0.05, 0) is 38.5 Å². The number of rotatable bonds is 9. The van der Waals surface area contributed by atoms with E-state index < -0.39 is 0 Å². The number of nitrogens with zero attached hydrogens (tertiary/aromatic N) is 1. The first-order chi connectivity index (χ1) is 11.2. The lowest BCUT2D eigenvalue weighted by molar-refractivity contribution is -0.937. The van der Waals surface area contributed by atoms with Crippen LogP contribution in [0.15, 0.2) is 54.6 Å². The minimum atomic E-state index is 0.724. The van der Waals surface area contributed by atoms with Crippen molar-refractivity contribution in [3.05, 3.63) is 65.7 Å². The van der Waals surface area contributed by atoms with E-state index in [4.69, 9.17) is 4.74 Å². The second-order valence-corrected chi connectivity index (χ2v) is 6.17. The Balaban J connectivity index is 2.01. The lowest BCUT2D eigenvalue weighted by Crippen LogP contribution is -2.48. The Morgan fingerprint density at radius 3 is 2.00 bits per heavy atom. The van der Waals surface area contributed by atoms with Crippen molar-refractivity contribution < 1.29 is 9.22 Å². The van der Waals surface area contributed by atoms with Gasteiger partial charge in [0.1, 0.15) is 12.3 Å². The van der Waals surface area contributed by atoms with E-state index in [2.05, 4.69) is 68.4 Å². The first-order valence-electron chi connectivity index (χ1n) is 8.82. The van der Waals surface area contributed by atoms with Crippen LogP contribution in [0.1, 0.15) is 31.9 Å². The number of quaternary nitrogens is 1. The fourth-order valence-electron chi connectivity index (χ4n) is 3.10.